The number of aromatic nitrogens is 1. The molecule has 1 aromatic carbocycles. The van der Waals surface area contributed by atoms with Crippen LogP contribution < -0.4 is 5.32 Å². The number of benzene rings is 1. The average Bonchev–Trinajstić information content (AvgIpc) is 3.18. The van der Waals surface area contributed by atoms with E-state index in [1.165, 1.54) is 22.7 Å². The Hall–Kier alpha value is -0.650. The van der Waals surface area contributed by atoms with Crippen LogP contribution >= 0.6 is 34.5 Å². The van der Waals surface area contributed by atoms with Crippen LogP contribution in [0.3, 0.4) is 0 Å². The zero-order chi connectivity index (χ0) is 14.8. The summed E-state index contributed by atoms with van der Waals surface area (Å²) >= 11 is 13.6. The van der Waals surface area contributed by atoms with Gasteiger partial charge in [-0.15, -0.1) is 11.3 Å². The number of hydrogen-bond donors (Lipinski definition) is 2. The van der Waals surface area contributed by atoms with Crippen molar-refractivity contribution in [2.24, 2.45) is 0 Å². The largest absolute Gasteiger partial charge is 0.387 e. The molecule has 0 bridgehead atoms. The number of nitrogens with one attached hydrogen (secondary N) is 1. The van der Waals surface area contributed by atoms with E-state index in [4.69, 9.17) is 23.2 Å². The predicted molar refractivity (Wildman–Crippen MR) is 87.2 cm³/mol. The van der Waals surface area contributed by atoms with Crippen LogP contribution in [-0.4, -0.2) is 16.6 Å². The lowest BCUT2D eigenvalue weighted by Gasteiger charge is -2.12. The van der Waals surface area contributed by atoms with Gasteiger partial charge in [0.05, 0.1) is 11.1 Å². The van der Waals surface area contributed by atoms with E-state index < -0.39 is 6.10 Å². The van der Waals surface area contributed by atoms with Crippen LogP contribution in [-0.2, 0) is 6.54 Å². The van der Waals surface area contributed by atoms with Gasteiger partial charge in [0.2, 0.25) is 0 Å². The molecule has 1 heterocycles. The van der Waals surface area contributed by atoms with Crippen molar-refractivity contribution in [3.05, 3.63) is 49.9 Å². The Labute approximate surface area is 137 Å². The number of halogens is 2. The van der Waals surface area contributed by atoms with Crippen molar-refractivity contribution >= 4 is 34.5 Å². The van der Waals surface area contributed by atoms with Gasteiger partial charge >= 0.3 is 0 Å². The van der Waals surface area contributed by atoms with Gasteiger partial charge in [-0.05, 0) is 36.6 Å². The molecule has 3 nitrogen and oxygen atoms in total. The summed E-state index contributed by atoms with van der Waals surface area (Å²) in [6.07, 6.45) is 3.84. The average molecular weight is 343 g/mol. The summed E-state index contributed by atoms with van der Waals surface area (Å²) in [6, 6.07) is 5.12. The lowest BCUT2D eigenvalue weighted by atomic mass is 10.1. The van der Waals surface area contributed by atoms with Crippen LogP contribution in [0.15, 0.2) is 24.4 Å². The van der Waals surface area contributed by atoms with E-state index in [1.54, 1.807) is 29.5 Å². The Morgan fingerprint density at radius 3 is 2.67 bits per heavy atom. The highest BCUT2D eigenvalue weighted by Crippen LogP contribution is 2.41. The summed E-state index contributed by atoms with van der Waals surface area (Å²) in [6.45, 7) is 1.17. The smallest absolute Gasteiger partial charge is 0.0959 e. The van der Waals surface area contributed by atoms with Gasteiger partial charge in [0.25, 0.3) is 0 Å². The van der Waals surface area contributed by atoms with Gasteiger partial charge in [-0.3, -0.25) is 0 Å². The van der Waals surface area contributed by atoms with Crippen LogP contribution in [0.25, 0.3) is 0 Å². The third-order valence-electron chi connectivity index (χ3n) is 3.40. The van der Waals surface area contributed by atoms with Crippen molar-refractivity contribution in [1.29, 1.82) is 0 Å². The minimum Gasteiger partial charge on any atom is -0.387 e. The molecule has 1 saturated carbocycles. The molecule has 0 saturated heterocycles. The monoisotopic (exact) mass is 342 g/mol. The molecule has 3 rings (SSSR count). The summed E-state index contributed by atoms with van der Waals surface area (Å²) in [7, 11) is 0. The first-order valence-electron chi connectivity index (χ1n) is 6.91. The minimum absolute atomic E-state index is 0.452. The van der Waals surface area contributed by atoms with E-state index in [0.717, 1.165) is 12.1 Å². The van der Waals surface area contributed by atoms with Crippen LogP contribution in [0.5, 0.6) is 0 Å². The molecule has 1 aliphatic rings. The maximum atomic E-state index is 10.2. The van der Waals surface area contributed by atoms with Gasteiger partial charge in [-0.25, -0.2) is 4.98 Å². The molecule has 0 aliphatic heterocycles. The Morgan fingerprint density at radius 2 is 2.00 bits per heavy atom. The molecule has 1 unspecified atom stereocenters. The first-order chi connectivity index (χ1) is 10.1. The molecule has 2 N–H and O–H groups in total. The quantitative estimate of drug-likeness (QED) is 0.828. The van der Waals surface area contributed by atoms with Gasteiger partial charge in [0, 0.05) is 40.1 Å². The summed E-state index contributed by atoms with van der Waals surface area (Å²) in [4.78, 5) is 5.64. The summed E-state index contributed by atoms with van der Waals surface area (Å²) in [5.74, 6) is 0.697. The first kappa shape index (κ1) is 15.3. The zero-order valence-electron chi connectivity index (χ0n) is 11.4. The molecule has 6 heteroatoms. The lowest BCUT2D eigenvalue weighted by Crippen LogP contribution is -2.20. The highest BCUT2D eigenvalue weighted by Gasteiger charge is 2.26. The van der Waals surface area contributed by atoms with E-state index in [0.29, 0.717) is 22.5 Å². The molecule has 1 atom stereocenters. The predicted octanol–water partition coefficient (Wildman–Crippen LogP) is 4.15. The van der Waals surface area contributed by atoms with Gasteiger partial charge in [0.15, 0.2) is 0 Å². The number of nitrogens with zero attached hydrogens (tertiary/aromatic N) is 1. The summed E-state index contributed by atoms with van der Waals surface area (Å²) in [5.41, 5.74) is 0.725. The van der Waals surface area contributed by atoms with Crippen molar-refractivity contribution in [3.63, 3.8) is 0 Å². The third kappa shape index (κ3) is 4.18. The lowest BCUT2D eigenvalue weighted by molar-refractivity contribution is 0.174. The van der Waals surface area contributed by atoms with Crippen molar-refractivity contribution in [3.8, 4) is 0 Å². The summed E-state index contributed by atoms with van der Waals surface area (Å²) < 4.78 is 0. The molecule has 0 spiro atoms. The number of hydrogen-bond acceptors (Lipinski definition) is 4. The second-order valence-electron chi connectivity index (χ2n) is 5.29. The van der Waals surface area contributed by atoms with Crippen LogP contribution in [0, 0.1) is 0 Å². The number of rotatable bonds is 6. The Kier molecular flexibility index (Phi) is 4.82. The highest BCUT2D eigenvalue weighted by molar-refractivity contribution is 7.11. The Bertz CT molecular complexity index is 608. The zero-order valence-corrected chi connectivity index (χ0v) is 13.7. The maximum Gasteiger partial charge on any atom is 0.0959 e. The van der Waals surface area contributed by atoms with Crippen LogP contribution in [0.4, 0.5) is 0 Å². The van der Waals surface area contributed by atoms with E-state index >= 15 is 0 Å². The molecule has 0 radical (unpaired) electrons. The molecule has 1 aliphatic carbocycles. The van der Waals surface area contributed by atoms with Gasteiger partial charge in [0.1, 0.15) is 0 Å². The molecule has 1 fully saturated rings. The topological polar surface area (TPSA) is 45.1 Å². The van der Waals surface area contributed by atoms with Crippen molar-refractivity contribution < 1.29 is 5.11 Å². The second-order valence-corrected chi connectivity index (χ2v) is 7.31. The Morgan fingerprint density at radius 1 is 1.29 bits per heavy atom. The number of aliphatic hydroxyl groups is 1. The number of thiazole rings is 1. The van der Waals surface area contributed by atoms with Gasteiger partial charge < -0.3 is 10.4 Å². The van der Waals surface area contributed by atoms with E-state index in [-0.39, 0.29) is 0 Å². The van der Waals surface area contributed by atoms with Crippen LogP contribution in [0.1, 0.15) is 40.3 Å². The molecular weight excluding hydrogens is 327 g/mol. The van der Waals surface area contributed by atoms with E-state index in [2.05, 4.69) is 10.3 Å². The fourth-order valence-corrected chi connectivity index (χ4v) is 3.74. The number of aliphatic hydroxyl groups excluding tert-OH is 1. The SMILES string of the molecule is OC(CNCc1cnc(C2CC2)s1)c1cc(Cl)cc(Cl)c1. The molecule has 112 valence electrons. The molecule has 1 aromatic heterocycles. The van der Waals surface area contributed by atoms with Crippen molar-refractivity contribution in [2.75, 3.05) is 6.54 Å². The normalized spacial score (nSPS) is 16.1. The fourth-order valence-electron chi connectivity index (χ4n) is 2.14. The first-order valence-corrected chi connectivity index (χ1v) is 8.48. The maximum absolute atomic E-state index is 10.2. The van der Waals surface area contributed by atoms with E-state index in [9.17, 15) is 5.11 Å². The van der Waals surface area contributed by atoms with Crippen molar-refractivity contribution in [2.45, 2.75) is 31.4 Å². The summed E-state index contributed by atoms with van der Waals surface area (Å²) in [5, 5.41) is 15.7. The molecule has 21 heavy (non-hydrogen) atoms. The highest BCUT2D eigenvalue weighted by atomic mass is 35.5. The van der Waals surface area contributed by atoms with E-state index in [1.807, 2.05) is 6.20 Å². The van der Waals surface area contributed by atoms with Crippen LogP contribution in [0.2, 0.25) is 10.0 Å². The van der Waals surface area contributed by atoms with Crippen molar-refractivity contribution in [1.82, 2.24) is 10.3 Å². The Balaban J connectivity index is 1.51. The van der Waals surface area contributed by atoms with Gasteiger partial charge in [-0.2, -0.15) is 0 Å². The molecule has 2 aromatic rings. The van der Waals surface area contributed by atoms with Gasteiger partial charge in [-0.1, -0.05) is 23.2 Å². The standard InChI is InChI=1S/C15H16Cl2N2OS/c16-11-3-10(4-12(17)5-11)14(20)8-18-6-13-7-19-15(21-13)9-1-2-9/h3-5,7,9,14,18,20H,1-2,6,8H2. The minimum atomic E-state index is -0.628. The second kappa shape index (κ2) is 6.63. The third-order valence-corrected chi connectivity index (χ3v) is 5.00. The molecular formula is C15H16Cl2N2OS. The fraction of sp³-hybridized carbons (Fsp3) is 0.400. The molecule has 0 amide bonds.